The van der Waals surface area contributed by atoms with Crippen molar-refractivity contribution in [2.24, 2.45) is 0 Å². The van der Waals surface area contributed by atoms with Gasteiger partial charge in [-0.05, 0) is 37.5 Å². The van der Waals surface area contributed by atoms with E-state index in [9.17, 15) is 0 Å². The minimum atomic E-state index is 0.0743. The fraction of sp³-hybridized carbons (Fsp3) is 0.385. The van der Waals surface area contributed by atoms with E-state index in [0.29, 0.717) is 0 Å². The van der Waals surface area contributed by atoms with Crippen LogP contribution in [0.1, 0.15) is 25.0 Å². The number of benzene rings is 1. The van der Waals surface area contributed by atoms with Crippen molar-refractivity contribution in [3.05, 3.63) is 35.5 Å². The van der Waals surface area contributed by atoms with Gasteiger partial charge in [0.05, 0.1) is 0 Å². The molecular weight excluding hydrogens is 184 g/mol. The van der Waals surface area contributed by atoms with Gasteiger partial charge in [-0.15, -0.1) is 0 Å². The summed E-state index contributed by atoms with van der Waals surface area (Å²) in [6, 6.07) is 6.53. The number of rotatable bonds is 0. The van der Waals surface area contributed by atoms with E-state index < -0.39 is 0 Å². The highest BCUT2D eigenvalue weighted by atomic mass is 15.0. The van der Waals surface area contributed by atoms with Gasteiger partial charge in [0.25, 0.3) is 0 Å². The zero-order valence-electron chi connectivity index (χ0n) is 9.22. The number of hydrogen-bond donors (Lipinski definition) is 2. The van der Waals surface area contributed by atoms with Crippen molar-refractivity contribution in [1.82, 2.24) is 10.3 Å². The topological polar surface area (TPSA) is 27.8 Å². The van der Waals surface area contributed by atoms with Crippen LogP contribution in [0.4, 0.5) is 0 Å². The van der Waals surface area contributed by atoms with Crippen molar-refractivity contribution in [1.29, 1.82) is 0 Å². The van der Waals surface area contributed by atoms with Crippen LogP contribution < -0.4 is 5.32 Å². The molecule has 0 radical (unpaired) electrons. The Balaban J connectivity index is 2.40. The molecule has 0 saturated carbocycles. The van der Waals surface area contributed by atoms with Crippen molar-refractivity contribution >= 4 is 10.9 Å². The summed E-state index contributed by atoms with van der Waals surface area (Å²) >= 11 is 0. The monoisotopic (exact) mass is 200 g/mol. The van der Waals surface area contributed by atoms with E-state index in [1.807, 2.05) is 0 Å². The molecule has 2 heteroatoms. The van der Waals surface area contributed by atoms with Gasteiger partial charge >= 0.3 is 0 Å². The lowest BCUT2D eigenvalue weighted by Crippen LogP contribution is -2.36. The second kappa shape index (κ2) is 2.86. The van der Waals surface area contributed by atoms with E-state index in [-0.39, 0.29) is 5.54 Å². The smallest absolute Gasteiger partial charge is 0.0460 e. The molecule has 78 valence electrons. The SMILES string of the molecule is CC1(C)NCCc2cccc3[nH]cc1c23. The fourth-order valence-electron chi connectivity index (χ4n) is 2.57. The second-order valence-corrected chi connectivity index (χ2v) is 4.84. The van der Waals surface area contributed by atoms with Crippen LogP contribution in [0.15, 0.2) is 24.4 Å². The van der Waals surface area contributed by atoms with Gasteiger partial charge < -0.3 is 10.3 Å². The molecule has 0 saturated heterocycles. The molecule has 3 rings (SSSR count). The average molecular weight is 200 g/mol. The molecule has 0 bridgehead atoms. The molecule has 0 unspecified atom stereocenters. The third-order valence-corrected chi connectivity index (χ3v) is 3.43. The van der Waals surface area contributed by atoms with Gasteiger partial charge in [0, 0.05) is 29.2 Å². The molecule has 2 N–H and O–H groups in total. The summed E-state index contributed by atoms with van der Waals surface area (Å²) in [5.41, 5.74) is 4.19. The predicted molar refractivity (Wildman–Crippen MR) is 63.0 cm³/mol. The first kappa shape index (κ1) is 8.98. The summed E-state index contributed by atoms with van der Waals surface area (Å²) in [6.07, 6.45) is 3.26. The molecule has 0 atom stereocenters. The number of nitrogens with one attached hydrogen (secondary N) is 2. The maximum Gasteiger partial charge on any atom is 0.0460 e. The van der Waals surface area contributed by atoms with Crippen LogP contribution >= 0.6 is 0 Å². The van der Waals surface area contributed by atoms with Gasteiger partial charge in [0.1, 0.15) is 0 Å². The minimum Gasteiger partial charge on any atom is -0.361 e. The Morgan fingerprint density at radius 2 is 2.13 bits per heavy atom. The molecule has 1 aromatic heterocycles. The lowest BCUT2D eigenvalue weighted by atomic mass is 9.93. The maximum atomic E-state index is 3.59. The van der Waals surface area contributed by atoms with Crippen molar-refractivity contribution in [2.75, 3.05) is 6.54 Å². The Kier molecular flexibility index (Phi) is 1.71. The minimum absolute atomic E-state index is 0.0743. The summed E-state index contributed by atoms with van der Waals surface area (Å²) < 4.78 is 0. The Labute approximate surface area is 89.7 Å². The third-order valence-electron chi connectivity index (χ3n) is 3.43. The molecular formula is C13H16N2. The van der Waals surface area contributed by atoms with E-state index in [1.165, 1.54) is 22.0 Å². The molecule has 0 spiro atoms. The number of aromatic amines is 1. The zero-order chi connectivity index (χ0) is 10.5. The molecule has 0 amide bonds. The van der Waals surface area contributed by atoms with Crippen molar-refractivity contribution in [3.8, 4) is 0 Å². The molecule has 0 aliphatic carbocycles. The van der Waals surface area contributed by atoms with Crippen LogP contribution in [-0.4, -0.2) is 11.5 Å². The Morgan fingerprint density at radius 3 is 3.00 bits per heavy atom. The van der Waals surface area contributed by atoms with E-state index in [1.54, 1.807) is 0 Å². The Hall–Kier alpha value is -1.28. The fourth-order valence-corrected chi connectivity index (χ4v) is 2.57. The second-order valence-electron chi connectivity index (χ2n) is 4.84. The first-order valence-corrected chi connectivity index (χ1v) is 5.53. The summed E-state index contributed by atoms with van der Waals surface area (Å²) in [6.45, 7) is 5.55. The van der Waals surface area contributed by atoms with Crippen molar-refractivity contribution in [3.63, 3.8) is 0 Å². The van der Waals surface area contributed by atoms with Crippen molar-refractivity contribution < 1.29 is 0 Å². The van der Waals surface area contributed by atoms with E-state index in [0.717, 1.165) is 13.0 Å². The van der Waals surface area contributed by atoms with E-state index in [2.05, 4.69) is 48.5 Å². The summed E-state index contributed by atoms with van der Waals surface area (Å²) in [7, 11) is 0. The average Bonchev–Trinajstić information content (AvgIpc) is 2.56. The summed E-state index contributed by atoms with van der Waals surface area (Å²) in [5, 5.41) is 5.02. The molecule has 2 nitrogen and oxygen atoms in total. The molecule has 1 aliphatic rings. The Morgan fingerprint density at radius 1 is 1.27 bits per heavy atom. The Bertz CT molecular complexity index is 508. The van der Waals surface area contributed by atoms with Crippen LogP contribution in [0.3, 0.4) is 0 Å². The van der Waals surface area contributed by atoms with Crippen LogP contribution in [0, 0.1) is 0 Å². The standard InChI is InChI=1S/C13H16N2/c1-13(2)10-8-14-11-5-3-4-9(12(10)11)6-7-15-13/h3-5,8,14-15H,6-7H2,1-2H3. The molecule has 1 aliphatic heterocycles. The predicted octanol–water partition coefficient (Wildman–Crippen LogP) is 2.55. The quantitative estimate of drug-likeness (QED) is 0.672. The van der Waals surface area contributed by atoms with Gasteiger partial charge in [-0.25, -0.2) is 0 Å². The zero-order valence-corrected chi connectivity index (χ0v) is 9.22. The summed E-state index contributed by atoms with van der Waals surface area (Å²) in [4.78, 5) is 3.36. The van der Waals surface area contributed by atoms with Crippen molar-refractivity contribution in [2.45, 2.75) is 25.8 Å². The van der Waals surface area contributed by atoms with Crippen LogP contribution in [0.25, 0.3) is 10.9 Å². The number of H-pyrrole nitrogens is 1. The molecule has 2 aromatic rings. The molecule has 15 heavy (non-hydrogen) atoms. The highest BCUT2D eigenvalue weighted by Gasteiger charge is 2.26. The van der Waals surface area contributed by atoms with Gasteiger partial charge in [-0.2, -0.15) is 0 Å². The van der Waals surface area contributed by atoms with Crippen LogP contribution in [-0.2, 0) is 12.0 Å². The molecule has 1 aromatic carbocycles. The highest BCUT2D eigenvalue weighted by molar-refractivity contribution is 5.87. The van der Waals surface area contributed by atoms with Crippen LogP contribution in [0.2, 0.25) is 0 Å². The molecule has 0 fully saturated rings. The van der Waals surface area contributed by atoms with E-state index >= 15 is 0 Å². The maximum absolute atomic E-state index is 3.59. The first-order valence-electron chi connectivity index (χ1n) is 5.53. The third kappa shape index (κ3) is 1.21. The lowest BCUT2D eigenvalue weighted by molar-refractivity contribution is 0.415. The molecule has 2 heterocycles. The summed E-state index contributed by atoms with van der Waals surface area (Å²) in [5.74, 6) is 0. The largest absolute Gasteiger partial charge is 0.361 e. The number of aromatic nitrogens is 1. The van der Waals surface area contributed by atoms with E-state index in [4.69, 9.17) is 0 Å². The van der Waals surface area contributed by atoms with Gasteiger partial charge in [-0.1, -0.05) is 12.1 Å². The van der Waals surface area contributed by atoms with Gasteiger partial charge in [0.15, 0.2) is 0 Å². The van der Waals surface area contributed by atoms with Gasteiger partial charge in [0.2, 0.25) is 0 Å². The highest BCUT2D eigenvalue weighted by Crippen LogP contribution is 2.32. The first-order chi connectivity index (χ1) is 7.18. The lowest BCUT2D eigenvalue weighted by Gasteiger charge is -2.24. The normalized spacial score (nSPS) is 19.1. The van der Waals surface area contributed by atoms with Gasteiger partial charge in [-0.3, -0.25) is 0 Å². The number of hydrogen-bond acceptors (Lipinski definition) is 1. The van der Waals surface area contributed by atoms with Crippen LogP contribution in [0.5, 0.6) is 0 Å².